The first kappa shape index (κ1) is 19.6. The Balaban J connectivity index is 1.39. The SMILES string of the molecule is COc1ccc(C(=O)OCC(=O)N[C@H](C)c2ccc3c(c2)OCO3)c2ccccc12. The van der Waals surface area contributed by atoms with Crippen molar-refractivity contribution in [2.45, 2.75) is 13.0 Å². The molecule has 1 atom stereocenters. The summed E-state index contributed by atoms with van der Waals surface area (Å²) in [5.41, 5.74) is 1.24. The number of fused-ring (bicyclic) bond motifs is 2. The third kappa shape index (κ3) is 3.87. The Morgan fingerprint density at radius 1 is 1.03 bits per heavy atom. The molecule has 0 unspecified atom stereocenters. The van der Waals surface area contributed by atoms with Gasteiger partial charge in [-0.05, 0) is 42.1 Å². The van der Waals surface area contributed by atoms with Crippen LogP contribution in [0.1, 0.15) is 28.9 Å². The van der Waals surface area contributed by atoms with Crippen molar-refractivity contribution < 1.29 is 28.5 Å². The molecule has 30 heavy (non-hydrogen) atoms. The van der Waals surface area contributed by atoms with Gasteiger partial charge in [0, 0.05) is 5.39 Å². The molecule has 1 heterocycles. The third-order valence-corrected chi connectivity index (χ3v) is 4.93. The predicted octanol–water partition coefficient (Wildman–Crippen LogP) is 3.61. The molecular formula is C23H21NO6. The smallest absolute Gasteiger partial charge is 0.339 e. The molecule has 0 fully saturated rings. The maximum absolute atomic E-state index is 12.6. The molecule has 0 bridgehead atoms. The fourth-order valence-corrected chi connectivity index (χ4v) is 3.39. The zero-order chi connectivity index (χ0) is 21.1. The average Bonchev–Trinajstić information content (AvgIpc) is 3.24. The highest BCUT2D eigenvalue weighted by atomic mass is 16.7. The summed E-state index contributed by atoms with van der Waals surface area (Å²) < 4.78 is 21.2. The van der Waals surface area contributed by atoms with Crippen molar-refractivity contribution in [3.05, 3.63) is 65.7 Å². The number of esters is 1. The van der Waals surface area contributed by atoms with Crippen molar-refractivity contribution in [2.24, 2.45) is 0 Å². The topological polar surface area (TPSA) is 83.1 Å². The maximum atomic E-state index is 12.6. The van der Waals surface area contributed by atoms with Crippen LogP contribution in [0.2, 0.25) is 0 Å². The average molecular weight is 407 g/mol. The van der Waals surface area contributed by atoms with Crippen LogP contribution in [-0.4, -0.2) is 32.4 Å². The number of hydrogen-bond donors (Lipinski definition) is 1. The summed E-state index contributed by atoms with van der Waals surface area (Å²) in [6.07, 6.45) is 0. The predicted molar refractivity (Wildman–Crippen MR) is 110 cm³/mol. The summed E-state index contributed by atoms with van der Waals surface area (Å²) >= 11 is 0. The monoisotopic (exact) mass is 407 g/mol. The van der Waals surface area contributed by atoms with E-state index in [2.05, 4.69) is 5.32 Å². The number of carbonyl (C=O) groups excluding carboxylic acids is 2. The molecule has 0 aliphatic carbocycles. The molecule has 0 spiro atoms. The Labute approximate surface area is 173 Å². The molecule has 1 amide bonds. The fraction of sp³-hybridized carbons (Fsp3) is 0.217. The molecule has 7 nitrogen and oxygen atoms in total. The quantitative estimate of drug-likeness (QED) is 0.629. The van der Waals surface area contributed by atoms with E-state index in [1.165, 1.54) is 0 Å². The van der Waals surface area contributed by atoms with Crippen molar-refractivity contribution in [2.75, 3.05) is 20.5 Å². The van der Waals surface area contributed by atoms with Gasteiger partial charge in [0.25, 0.3) is 5.91 Å². The van der Waals surface area contributed by atoms with Gasteiger partial charge in [-0.1, -0.05) is 30.3 Å². The minimum absolute atomic E-state index is 0.190. The second-order valence-corrected chi connectivity index (χ2v) is 6.84. The lowest BCUT2D eigenvalue weighted by atomic mass is 10.0. The van der Waals surface area contributed by atoms with Crippen molar-refractivity contribution in [3.8, 4) is 17.2 Å². The number of nitrogens with one attached hydrogen (secondary N) is 1. The summed E-state index contributed by atoms with van der Waals surface area (Å²) in [7, 11) is 1.57. The third-order valence-electron chi connectivity index (χ3n) is 4.93. The standard InChI is InChI=1S/C23H21NO6/c1-14(15-7-9-20-21(11-15)30-13-29-20)24-22(25)12-28-23(26)18-8-10-19(27-2)17-6-4-3-5-16(17)18/h3-11,14H,12-13H2,1-2H3,(H,24,25)/t14-/m1/s1. The molecule has 0 aromatic heterocycles. The summed E-state index contributed by atoms with van der Waals surface area (Å²) in [5, 5.41) is 4.32. The minimum atomic E-state index is -0.570. The van der Waals surface area contributed by atoms with E-state index in [1.807, 2.05) is 43.3 Å². The number of carbonyl (C=O) groups is 2. The largest absolute Gasteiger partial charge is 0.496 e. The number of benzene rings is 3. The molecule has 4 rings (SSSR count). The Bertz CT molecular complexity index is 1110. The first-order valence-corrected chi connectivity index (χ1v) is 9.48. The van der Waals surface area contributed by atoms with Gasteiger partial charge in [0.1, 0.15) is 5.75 Å². The van der Waals surface area contributed by atoms with E-state index in [0.717, 1.165) is 10.9 Å². The highest BCUT2D eigenvalue weighted by Crippen LogP contribution is 2.34. The summed E-state index contributed by atoms with van der Waals surface area (Å²) in [4.78, 5) is 24.9. The molecule has 1 aliphatic heterocycles. The van der Waals surface area contributed by atoms with E-state index in [9.17, 15) is 9.59 Å². The minimum Gasteiger partial charge on any atom is -0.496 e. The lowest BCUT2D eigenvalue weighted by molar-refractivity contribution is -0.124. The highest BCUT2D eigenvalue weighted by molar-refractivity contribution is 6.06. The highest BCUT2D eigenvalue weighted by Gasteiger charge is 2.19. The Hall–Kier alpha value is -3.74. The van der Waals surface area contributed by atoms with Crippen LogP contribution in [0.25, 0.3) is 10.8 Å². The molecule has 154 valence electrons. The summed E-state index contributed by atoms with van der Waals surface area (Å²) in [6.45, 7) is 1.65. The van der Waals surface area contributed by atoms with Crippen LogP contribution in [0.5, 0.6) is 17.2 Å². The van der Waals surface area contributed by atoms with E-state index in [4.69, 9.17) is 18.9 Å². The van der Waals surface area contributed by atoms with Crippen LogP contribution in [0, 0.1) is 0 Å². The molecule has 1 aliphatic rings. The van der Waals surface area contributed by atoms with Gasteiger partial charge in [0.15, 0.2) is 18.1 Å². The number of ether oxygens (including phenoxy) is 4. The Kier molecular flexibility index (Phi) is 5.43. The van der Waals surface area contributed by atoms with E-state index in [-0.39, 0.29) is 19.4 Å². The van der Waals surface area contributed by atoms with Crippen LogP contribution >= 0.6 is 0 Å². The van der Waals surface area contributed by atoms with Crippen LogP contribution < -0.4 is 19.5 Å². The van der Waals surface area contributed by atoms with E-state index in [0.29, 0.717) is 28.2 Å². The van der Waals surface area contributed by atoms with Crippen molar-refractivity contribution in [3.63, 3.8) is 0 Å². The molecule has 3 aromatic carbocycles. The second-order valence-electron chi connectivity index (χ2n) is 6.84. The number of amides is 1. The number of methoxy groups -OCH3 is 1. The first-order valence-electron chi connectivity index (χ1n) is 9.48. The van der Waals surface area contributed by atoms with E-state index < -0.39 is 11.9 Å². The van der Waals surface area contributed by atoms with Crippen LogP contribution in [0.15, 0.2) is 54.6 Å². The van der Waals surface area contributed by atoms with Crippen LogP contribution in [0.4, 0.5) is 0 Å². The number of hydrogen-bond acceptors (Lipinski definition) is 6. The summed E-state index contributed by atoms with van der Waals surface area (Å²) in [5.74, 6) is 1.02. The zero-order valence-corrected chi connectivity index (χ0v) is 16.6. The molecular weight excluding hydrogens is 386 g/mol. The molecule has 0 radical (unpaired) electrons. The molecule has 0 saturated heterocycles. The van der Waals surface area contributed by atoms with Crippen molar-refractivity contribution in [1.82, 2.24) is 5.32 Å². The maximum Gasteiger partial charge on any atom is 0.339 e. The van der Waals surface area contributed by atoms with Gasteiger partial charge in [-0.3, -0.25) is 4.79 Å². The fourth-order valence-electron chi connectivity index (χ4n) is 3.39. The van der Waals surface area contributed by atoms with Gasteiger partial charge in [0.05, 0.1) is 18.7 Å². The molecule has 7 heteroatoms. The molecule has 3 aromatic rings. The van der Waals surface area contributed by atoms with Gasteiger partial charge < -0.3 is 24.3 Å². The van der Waals surface area contributed by atoms with E-state index in [1.54, 1.807) is 25.3 Å². The first-order chi connectivity index (χ1) is 14.6. The lowest BCUT2D eigenvalue weighted by Gasteiger charge is -2.15. The lowest BCUT2D eigenvalue weighted by Crippen LogP contribution is -2.31. The Morgan fingerprint density at radius 2 is 1.80 bits per heavy atom. The molecule has 0 saturated carbocycles. The van der Waals surface area contributed by atoms with Gasteiger partial charge in [0.2, 0.25) is 6.79 Å². The van der Waals surface area contributed by atoms with Gasteiger partial charge in [-0.25, -0.2) is 4.79 Å². The van der Waals surface area contributed by atoms with Gasteiger partial charge in [-0.15, -0.1) is 0 Å². The van der Waals surface area contributed by atoms with Crippen LogP contribution in [-0.2, 0) is 9.53 Å². The zero-order valence-electron chi connectivity index (χ0n) is 16.6. The van der Waals surface area contributed by atoms with Gasteiger partial charge in [-0.2, -0.15) is 0 Å². The number of rotatable bonds is 6. The van der Waals surface area contributed by atoms with E-state index >= 15 is 0 Å². The van der Waals surface area contributed by atoms with Gasteiger partial charge >= 0.3 is 5.97 Å². The van der Waals surface area contributed by atoms with Crippen molar-refractivity contribution >= 4 is 22.6 Å². The van der Waals surface area contributed by atoms with Crippen molar-refractivity contribution in [1.29, 1.82) is 0 Å². The molecule has 1 N–H and O–H groups in total. The Morgan fingerprint density at radius 3 is 2.60 bits per heavy atom. The summed E-state index contributed by atoms with van der Waals surface area (Å²) in [6, 6.07) is 15.9. The second kappa shape index (κ2) is 8.32. The normalized spacial score (nSPS) is 13.0. The van der Waals surface area contributed by atoms with Crippen LogP contribution in [0.3, 0.4) is 0 Å².